The largest absolute Gasteiger partial charge is 0.445 e. The average molecular weight is 434 g/mol. The van der Waals surface area contributed by atoms with Crippen molar-refractivity contribution in [1.29, 1.82) is 0 Å². The lowest BCUT2D eigenvalue weighted by Gasteiger charge is -2.31. The molecule has 3 atom stereocenters. The Labute approximate surface area is 184 Å². The highest BCUT2D eigenvalue weighted by molar-refractivity contribution is 5.92. The SMILES string of the molecule is CC(C)[C@H](NC(=O)OCc1ccccc1)C(=O)N1CCCC1C(=O)N[C@H](CO)C(C)C. The molecule has 0 saturated carbocycles. The van der Waals surface area contributed by atoms with Crippen molar-refractivity contribution in [2.75, 3.05) is 13.2 Å². The molecule has 31 heavy (non-hydrogen) atoms. The highest BCUT2D eigenvalue weighted by Gasteiger charge is 2.39. The average Bonchev–Trinajstić information content (AvgIpc) is 3.24. The summed E-state index contributed by atoms with van der Waals surface area (Å²) in [5.41, 5.74) is 0.852. The second kappa shape index (κ2) is 11.7. The molecule has 0 aliphatic carbocycles. The Balaban J connectivity index is 2.00. The number of rotatable bonds is 9. The molecule has 1 saturated heterocycles. The van der Waals surface area contributed by atoms with Gasteiger partial charge in [-0.3, -0.25) is 9.59 Å². The number of nitrogens with zero attached hydrogens (tertiary/aromatic N) is 1. The molecule has 3 amide bonds. The van der Waals surface area contributed by atoms with Crippen molar-refractivity contribution in [3.63, 3.8) is 0 Å². The van der Waals surface area contributed by atoms with Crippen LogP contribution in [0.15, 0.2) is 30.3 Å². The Hall–Kier alpha value is -2.61. The highest BCUT2D eigenvalue weighted by atomic mass is 16.5. The lowest BCUT2D eigenvalue weighted by Crippen LogP contribution is -2.56. The van der Waals surface area contributed by atoms with Crippen molar-refractivity contribution < 1.29 is 24.2 Å². The summed E-state index contributed by atoms with van der Waals surface area (Å²) in [5.74, 6) is -0.673. The first kappa shape index (κ1) is 24.7. The number of nitrogens with one attached hydrogen (secondary N) is 2. The molecule has 0 radical (unpaired) electrons. The molecule has 1 aromatic rings. The van der Waals surface area contributed by atoms with Crippen LogP contribution in [-0.4, -0.2) is 59.2 Å². The minimum atomic E-state index is -0.796. The number of ether oxygens (including phenoxy) is 1. The Morgan fingerprint density at radius 2 is 1.77 bits per heavy atom. The fourth-order valence-electron chi connectivity index (χ4n) is 3.59. The summed E-state index contributed by atoms with van der Waals surface area (Å²) in [6.45, 7) is 7.91. The van der Waals surface area contributed by atoms with Gasteiger partial charge in [-0.2, -0.15) is 0 Å². The number of amides is 3. The van der Waals surface area contributed by atoms with E-state index in [0.717, 1.165) is 5.56 Å². The molecule has 172 valence electrons. The van der Waals surface area contributed by atoms with Crippen LogP contribution in [0.1, 0.15) is 46.1 Å². The highest BCUT2D eigenvalue weighted by Crippen LogP contribution is 2.21. The molecule has 8 nitrogen and oxygen atoms in total. The monoisotopic (exact) mass is 433 g/mol. The van der Waals surface area contributed by atoms with E-state index in [4.69, 9.17) is 4.74 Å². The Morgan fingerprint density at radius 1 is 1.10 bits per heavy atom. The number of likely N-dealkylation sites (tertiary alicyclic amines) is 1. The molecular formula is C23H35N3O5. The van der Waals surface area contributed by atoms with Gasteiger partial charge >= 0.3 is 6.09 Å². The van der Waals surface area contributed by atoms with Crippen LogP contribution in [0.5, 0.6) is 0 Å². The summed E-state index contributed by atoms with van der Waals surface area (Å²) >= 11 is 0. The standard InChI is InChI=1S/C23H35N3O5/c1-15(2)18(13-27)24-21(28)19-11-8-12-26(19)22(29)20(16(3)4)25-23(30)31-14-17-9-6-5-7-10-17/h5-7,9-10,15-16,18-20,27H,8,11-14H2,1-4H3,(H,24,28)(H,25,30)/t18-,19?,20+/m1/s1. The maximum atomic E-state index is 13.2. The summed E-state index contributed by atoms with van der Waals surface area (Å²) in [4.78, 5) is 39.9. The van der Waals surface area contributed by atoms with E-state index in [9.17, 15) is 19.5 Å². The van der Waals surface area contributed by atoms with Gasteiger partial charge in [0, 0.05) is 6.54 Å². The first-order valence-corrected chi connectivity index (χ1v) is 10.9. The van der Waals surface area contributed by atoms with Gasteiger partial charge in [-0.15, -0.1) is 0 Å². The Bertz CT molecular complexity index is 738. The number of carbonyl (C=O) groups excluding carboxylic acids is 3. The zero-order valence-electron chi connectivity index (χ0n) is 18.8. The predicted molar refractivity (Wildman–Crippen MR) is 117 cm³/mol. The first-order chi connectivity index (χ1) is 14.7. The van der Waals surface area contributed by atoms with Gasteiger partial charge < -0.3 is 25.4 Å². The number of benzene rings is 1. The van der Waals surface area contributed by atoms with Gasteiger partial charge in [0.2, 0.25) is 11.8 Å². The van der Waals surface area contributed by atoms with E-state index in [1.165, 1.54) is 4.90 Å². The third kappa shape index (κ3) is 6.95. The van der Waals surface area contributed by atoms with Gasteiger partial charge in [-0.1, -0.05) is 58.0 Å². The lowest BCUT2D eigenvalue weighted by atomic mass is 10.0. The molecule has 1 unspecified atom stereocenters. The summed E-state index contributed by atoms with van der Waals surface area (Å²) in [5, 5.41) is 15.0. The Kier molecular flexibility index (Phi) is 9.30. The van der Waals surface area contributed by atoms with E-state index < -0.39 is 18.2 Å². The van der Waals surface area contributed by atoms with Gasteiger partial charge in [0.15, 0.2) is 0 Å². The summed E-state index contributed by atoms with van der Waals surface area (Å²) < 4.78 is 5.26. The molecule has 2 rings (SSSR count). The third-order valence-electron chi connectivity index (χ3n) is 5.59. The van der Waals surface area contributed by atoms with Gasteiger partial charge in [0.05, 0.1) is 12.6 Å². The van der Waals surface area contributed by atoms with Gasteiger partial charge in [0.1, 0.15) is 18.7 Å². The second-order valence-electron chi connectivity index (χ2n) is 8.66. The van der Waals surface area contributed by atoms with E-state index in [2.05, 4.69) is 10.6 Å². The number of aliphatic hydroxyl groups excluding tert-OH is 1. The van der Waals surface area contributed by atoms with Crippen LogP contribution in [0.4, 0.5) is 4.79 Å². The van der Waals surface area contributed by atoms with Crippen molar-refractivity contribution in [2.45, 2.75) is 65.3 Å². The fraction of sp³-hybridized carbons (Fsp3) is 0.609. The first-order valence-electron chi connectivity index (χ1n) is 10.9. The van der Waals surface area contributed by atoms with Gasteiger partial charge in [0.25, 0.3) is 0 Å². The summed E-state index contributed by atoms with van der Waals surface area (Å²) in [6, 6.07) is 7.53. The minimum Gasteiger partial charge on any atom is -0.445 e. The topological polar surface area (TPSA) is 108 Å². The van der Waals surface area contributed by atoms with E-state index in [-0.39, 0.29) is 42.9 Å². The van der Waals surface area contributed by atoms with Crippen LogP contribution >= 0.6 is 0 Å². The van der Waals surface area contributed by atoms with Crippen molar-refractivity contribution in [2.24, 2.45) is 11.8 Å². The number of hydrogen-bond donors (Lipinski definition) is 3. The van der Waals surface area contributed by atoms with Crippen LogP contribution in [0.3, 0.4) is 0 Å². The fourth-order valence-corrected chi connectivity index (χ4v) is 3.59. The van der Waals surface area contributed by atoms with Crippen LogP contribution in [0.2, 0.25) is 0 Å². The van der Waals surface area contributed by atoms with Gasteiger partial charge in [-0.05, 0) is 30.2 Å². The quantitative estimate of drug-likeness (QED) is 0.553. The predicted octanol–water partition coefficient (Wildman–Crippen LogP) is 2.06. The van der Waals surface area contributed by atoms with Crippen LogP contribution in [0, 0.1) is 11.8 Å². The smallest absolute Gasteiger partial charge is 0.408 e. The number of alkyl carbamates (subject to hydrolysis) is 1. The van der Waals surface area contributed by atoms with Gasteiger partial charge in [-0.25, -0.2) is 4.79 Å². The number of aliphatic hydroxyl groups is 1. The normalized spacial score (nSPS) is 18.0. The molecule has 0 bridgehead atoms. The lowest BCUT2D eigenvalue weighted by molar-refractivity contribution is -0.141. The van der Waals surface area contributed by atoms with E-state index >= 15 is 0 Å². The molecule has 1 fully saturated rings. The maximum Gasteiger partial charge on any atom is 0.408 e. The number of carbonyl (C=O) groups is 3. The molecule has 1 aromatic carbocycles. The molecule has 1 heterocycles. The van der Waals surface area contributed by atoms with Crippen molar-refractivity contribution >= 4 is 17.9 Å². The minimum absolute atomic E-state index is 0.0731. The van der Waals surface area contributed by atoms with E-state index in [1.54, 1.807) is 0 Å². The van der Waals surface area contributed by atoms with Crippen LogP contribution < -0.4 is 10.6 Å². The van der Waals surface area contributed by atoms with Crippen molar-refractivity contribution in [1.82, 2.24) is 15.5 Å². The molecule has 8 heteroatoms. The third-order valence-corrected chi connectivity index (χ3v) is 5.59. The molecule has 0 spiro atoms. The second-order valence-corrected chi connectivity index (χ2v) is 8.66. The zero-order valence-corrected chi connectivity index (χ0v) is 18.8. The summed E-state index contributed by atoms with van der Waals surface area (Å²) in [6.07, 6.45) is 0.589. The Morgan fingerprint density at radius 3 is 2.35 bits per heavy atom. The van der Waals surface area contributed by atoms with Crippen molar-refractivity contribution in [3.8, 4) is 0 Å². The van der Waals surface area contributed by atoms with Crippen molar-refractivity contribution in [3.05, 3.63) is 35.9 Å². The van der Waals surface area contributed by atoms with Crippen LogP contribution in [-0.2, 0) is 20.9 Å². The molecule has 1 aliphatic rings. The van der Waals surface area contributed by atoms with E-state index in [1.807, 2.05) is 58.0 Å². The molecule has 1 aliphatic heterocycles. The summed E-state index contributed by atoms with van der Waals surface area (Å²) in [7, 11) is 0. The molecular weight excluding hydrogens is 398 g/mol. The molecule has 3 N–H and O–H groups in total. The van der Waals surface area contributed by atoms with E-state index in [0.29, 0.717) is 19.4 Å². The zero-order chi connectivity index (χ0) is 23.0. The maximum absolute atomic E-state index is 13.2. The number of hydrogen-bond acceptors (Lipinski definition) is 5. The molecule has 0 aromatic heterocycles. The van der Waals surface area contributed by atoms with Crippen LogP contribution in [0.25, 0.3) is 0 Å².